The zero-order valence-corrected chi connectivity index (χ0v) is 17.2. The van der Waals surface area contributed by atoms with Gasteiger partial charge in [0.2, 0.25) is 5.91 Å². The van der Waals surface area contributed by atoms with Crippen molar-refractivity contribution in [1.82, 2.24) is 5.32 Å². The third kappa shape index (κ3) is 5.17. The van der Waals surface area contributed by atoms with E-state index in [9.17, 15) is 36.0 Å². The molecule has 12 heteroatoms. The Bertz CT molecular complexity index is 959. The van der Waals surface area contributed by atoms with Crippen LogP contribution in [-0.2, 0) is 29.0 Å². The predicted octanol–water partition coefficient (Wildman–Crippen LogP) is 2.11. The molecule has 0 spiro atoms. The number of rotatable bonds is 5. The molecule has 1 fully saturated rings. The molecule has 1 aromatic rings. The Morgan fingerprint density at radius 2 is 1.87 bits per heavy atom. The van der Waals surface area contributed by atoms with Crippen molar-refractivity contribution in [3.05, 3.63) is 23.8 Å². The molecular formula is C18H21F3N2O6S. The number of sulfone groups is 1. The lowest BCUT2D eigenvalue weighted by molar-refractivity contribution is -0.203. The molecular weight excluding hydrogens is 429 g/mol. The molecule has 0 aromatic heterocycles. The van der Waals surface area contributed by atoms with Crippen molar-refractivity contribution in [3.8, 4) is 0 Å². The number of anilines is 1. The van der Waals surface area contributed by atoms with Crippen LogP contribution in [0.1, 0.15) is 38.8 Å². The number of halogens is 3. The molecule has 1 amide bonds. The minimum atomic E-state index is -5.34. The largest absolute Gasteiger partial charge is 0.491 e. The summed E-state index contributed by atoms with van der Waals surface area (Å²) in [7, 11) is -3.84. The first kappa shape index (κ1) is 23.8. The van der Waals surface area contributed by atoms with Crippen molar-refractivity contribution < 1.29 is 40.7 Å². The zero-order valence-electron chi connectivity index (χ0n) is 16.4. The van der Waals surface area contributed by atoms with Gasteiger partial charge in [-0.25, -0.2) is 13.2 Å². The van der Waals surface area contributed by atoms with Crippen LogP contribution in [0, 0.1) is 5.92 Å². The van der Waals surface area contributed by atoms with E-state index in [1.807, 2.05) is 0 Å². The van der Waals surface area contributed by atoms with Crippen LogP contribution < -0.4 is 10.6 Å². The smallest absolute Gasteiger partial charge is 0.386 e. The molecule has 1 aliphatic heterocycles. The fourth-order valence-electron chi connectivity index (χ4n) is 3.09. The van der Waals surface area contributed by atoms with Crippen LogP contribution in [-0.4, -0.2) is 44.2 Å². The zero-order chi connectivity index (χ0) is 22.9. The second-order valence-corrected chi connectivity index (χ2v) is 9.53. The number of carbonyl (C=O) groups excluding carboxylic acids is 3. The van der Waals surface area contributed by atoms with Crippen molar-refractivity contribution in [2.45, 2.75) is 49.6 Å². The average molecular weight is 450 g/mol. The first-order valence-corrected chi connectivity index (χ1v) is 10.5. The SMILES string of the molecule is CC(=O)Nc1ccc(S(=O)(=O)C(C)C)c(C2NCCC2C(=O)OC(=O)C(F)(F)F)c1. The van der Waals surface area contributed by atoms with Gasteiger partial charge in [-0.05, 0) is 50.6 Å². The van der Waals surface area contributed by atoms with Crippen LogP contribution >= 0.6 is 0 Å². The van der Waals surface area contributed by atoms with Crippen molar-refractivity contribution in [1.29, 1.82) is 0 Å². The van der Waals surface area contributed by atoms with E-state index in [1.54, 1.807) is 0 Å². The van der Waals surface area contributed by atoms with E-state index in [0.29, 0.717) is 0 Å². The highest BCUT2D eigenvalue weighted by Crippen LogP contribution is 2.37. The Balaban J connectivity index is 2.49. The van der Waals surface area contributed by atoms with E-state index < -0.39 is 51.1 Å². The Kier molecular flexibility index (Phi) is 6.92. The molecule has 0 aliphatic carbocycles. The summed E-state index contributed by atoms with van der Waals surface area (Å²) in [5, 5.41) is 4.55. The van der Waals surface area contributed by atoms with Crippen molar-refractivity contribution >= 4 is 33.4 Å². The maximum atomic E-state index is 12.8. The number of hydrogen-bond acceptors (Lipinski definition) is 7. The first-order valence-electron chi connectivity index (χ1n) is 8.96. The molecule has 0 radical (unpaired) electrons. The van der Waals surface area contributed by atoms with E-state index in [2.05, 4.69) is 15.4 Å². The minimum absolute atomic E-state index is 0.0279. The van der Waals surface area contributed by atoms with Gasteiger partial charge in [0.1, 0.15) is 0 Å². The molecule has 0 bridgehead atoms. The van der Waals surface area contributed by atoms with Gasteiger partial charge in [0.25, 0.3) is 0 Å². The number of carbonyl (C=O) groups is 3. The van der Waals surface area contributed by atoms with Gasteiger partial charge in [-0.3, -0.25) is 9.59 Å². The molecule has 1 heterocycles. The maximum absolute atomic E-state index is 12.8. The summed E-state index contributed by atoms with van der Waals surface area (Å²) in [6, 6.07) is 2.94. The molecule has 1 aromatic carbocycles. The minimum Gasteiger partial charge on any atom is -0.386 e. The van der Waals surface area contributed by atoms with Crippen molar-refractivity contribution in [2.24, 2.45) is 5.92 Å². The molecule has 0 saturated carbocycles. The summed E-state index contributed by atoms with van der Waals surface area (Å²) in [6.45, 7) is 4.33. The number of nitrogens with one attached hydrogen (secondary N) is 2. The van der Waals surface area contributed by atoms with Gasteiger partial charge in [-0.2, -0.15) is 13.2 Å². The molecule has 30 heavy (non-hydrogen) atoms. The van der Waals surface area contributed by atoms with Crippen LogP contribution in [0.5, 0.6) is 0 Å². The predicted molar refractivity (Wildman–Crippen MR) is 99.1 cm³/mol. The highest BCUT2D eigenvalue weighted by atomic mass is 32.2. The molecule has 1 aliphatic rings. The standard InChI is InChI=1S/C18H21F3N2O6S/c1-9(2)30(27,28)14-5-4-11(23-10(3)24)8-13(14)15-12(6-7-22-15)16(25)29-17(26)18(19,20)21/h4-5,8-9,12,15,22H,6-7H2,1-3H3,(H,23,24). The Hall–Kier alpha value is -2.47. The summed E-state index contributed by atoms with van der Waals surface area (Å²) in [4.78, 5) is 34.5. The first-order chi connectivity index (χ1) is 13.7. The quantitative estimate of drug-likeness (QED) is 0.521. The van der Waals surface area contributed by atoms with Crippen LogP contribution in [0.3, 0.4) is 0 Å². The molecule has 2 N–H and O–H groups in total. The molecule has 166 valence electrons. The van der Waals surface area contributed by atoms with Gasteiger partial charge < -0.3 is 15.4 Å². The topological polar surface area (TPSA) is 119 Å². The molecule has 2 unspecified atom stereocenters. The summed E-state index contributed by atoms with van der Waals surface area (Å²) in [5.74, 6) is -5.71. The normalized spacial score (nSPS) is 19.6. The Morgan fingerprint density at radius 3 is 2.40 bits per heavy atom. The number of ether oxygens (including phenoxy) is 1. The fraction of sp³-hybridized carbons (Fsp3) is 0.500. The highest BCUT2D eigenvalue weighted by molar-refractivity contribution is 7.92. The van der Waals surface area contributed by atoms with E-state index in [-0.39, 0.29) is 29.1 Å². The number of esters is 2. The Labute approximate surface area is 171 Å². The third-order valence-corrected chi connectivity index (χ3v) is 6.77. The second-order valence-electron chi connectivity index (χ2n) is 7.06. The average Bonchev–Trinajstić information content (AvgIpc) is 3.09. The number of amides is 1. The fourth-order valence-corrected chi connectivity index (χ4v) is 4.37. The number of alkyl halides is 3. The summed E-state index contributed by atoms with van der Waals surface area (Å²) < 4.78 is 66.9. The highest BCUT2D eigenvalue weighted by Gasteiger charge is 2.45. The van der Waals surface area contributed by atoms with E-state index >= 15 is 0 Å². The monoisotopic (exact) mass is 450 g/mol. The van der Waals surface area contributed by atoms with Gasteiger partial charge in [0.15, 0.2) is 9.84 Å². The molecule has 1 saturated heterocycles. The van der Waals surface area contributed by atoms with Crippen LogP contribution in [0.15, 0.2) is 23.1 Å². The Morgan fingerprint density at radius 1 is 1.23 bits per heavy atom. The van der Waals surface area contributed by atoms with Crippen LogP contribution in [0.2, 0.25) is 0 Å². The van der Waals surface area contributed by atoms with Gasteiger partial charge >= 0.3 is 18.1 Å². The summed E-state index contributed by atoms with van der Waals surface area (Å²) in [5.41, 5.74) is 0.334. The number of benzene rings is 1. The second kappa shape index (κ2) is 8.72. The summed E-state index contributed by atoms with van der Waals surface area (Å²) >= 11 is 0. The van der Waals surface area contributed by atoms with Gasteiger partial charge in [0.05, 0.1) is 16.1 Å². The molecule has 2 atom stereocenters. The van der Waals surface area contributed by atoms with E-state index in [1.165, 1.54) is 39.0 Å². The van der Waals surface area contributed by atoms with Crippen LogP contribution in [0.4, 0.5) is 18.9 Å². The number of hydrogen-bond donors (Lipinski definition) is 2. The third-order valence-electron chi connectivity index (χ3n) is 4.54. The molecule has 2 rings (SSSR count). The van der Waals surface area contributed by atoms with Gasteiger partial charge in [-0.15, -0.1) is 0 Å². The van der Waals surface area contributed by atoms with Gasteiger partial charge in [-0.1, -0.05) is 0 Å². The van der Waals surface area contributed by atoms with Crippen LogP contribution in [0.25, 0.3) is 0 Å². The van der Waals surface area contributed by atoms with E-state index in [4.69, 9.17) is 0 Å². The summed E-state index contributed by atoms with van der Waals surface area (Å²) in [6.07, 6.45) is -5.31. The lowest BCUT2D eigenvalue weighted by Crippen LogP contribution is -2.33. The van der Waals surface area contributed by atoms with Gasteiger partial charge in [0, 0.05) is 18.7 Å². The lowest BCUT2D eigenvalue weighted by Gasteiger charge is -2.23. The van der Waals surface area contributed by atoms with Crippen molar-refractivity contribution in [3.63, 3.8) is 0 Å². The lowest BCUT2D eigenvalue weighted by atomic mass is 9.94. The maximum Gasteiger partial charge on any atom is 0.491 e. The van der Waals surface area contributed by atoms with E-state index in [0.717, 1.165) is 0 Å². The van der Waals surface area contributed by atoms with Crippen molar-refractivity contribution in [2.75, 3.05) is 11.9 Å². The molecule has 8 nitrogen and oxygen atoms in total.